The molecule has 0 atom stereocenters. The molecular formula is C15H26N2O2S2. The largest absolute Gasteiger partial charge is 0.310 e. The van der Waals surface area contributed by atoms with Crippen molar-refractivity contribution in [2.24, 2.45) is 0 Å². The zero-order valence-corrected chi connectivity index (χ0v) is 15.0. The van der Waals surface area contributed by atoms with Gasteiger partial charge in [-0.25, -0.2) is 8.42 Å². The normalized spacial score (nSPS) is 12.3. The summed E-state index contributed by atoms with van der Waals surface area (Å²) in [6, 6.07) is 2.18. The van der Waals surface area contributed by atoms with E-state index in [1.165, 1.54) is 4.31 Å². The Kier molecular flexibility index (Phi) is 7.06. The van der Waals surface area contributed by atoms with E-state index >= 15 is 0 Å². The van der Waals surface area contributed by atoms with Gasteiger partial charge in [0.2, 0.25) is 10.0 Å². The van der Waals surface area contributed by atoms with Crippen LogP contribution in [0, 0.1) is 6.92 Å². The summed E-state index contributed by atoms with van der Waals surface area (Å²) in [5, 5.41) is 3.32. The maximum Gasteiger partial charge on any atom is 0.244 e. The molecule has 21 heavy (non-hydrogen) atoms. The van der Waals surface area contributed by atoms with Crippen LogP contribution in [0.3, 0.4) is 0 Å². The maximum atomic E-state index is 12.7. The first-order chi connectivity index (χ1) is 9.82. The molecule has 6 heteroatoms. The fourth-order valence-corrected chi connectivity index (χ4v) is 5.07. The quantitative estimate of drug-likeness (QED) is 0.708. The number of nitrogens with one attached hydrogen (secondary N) is 1. The van der Waals surface area contributed by atoms with E-state index < -0.39 is 10.0 Å². The van der Waals surface area contributed by atoms with Gasteiger partial charge in [-0.2, -0.15) is 4.31 Å². The van der Waals surface area contributed by atoms with Crippen LogP contribution in [0.25, 0.3) is 0 Å². The smallest absolute Gasteiger partial charge is 0.244 e. The Labute approximate surface area is 132 Å². The standard InChI is InChI=1S/C15H26N2O2S2/c1-6-8-17(9-7-2)21(18,19)15-10-14(20-13(15)5)11-16-12(3)4/h6,10,12,16H,1,7-9,11H2,2-5H3. The van der Waals surface area contributed by atoms with Gasteiger partial charge in [-0.3, -0.25) is 0 Å². The molecule has 0 aliphatic rings. The molecule has 0 radical (unpaired) electrons. The number of hydrogen-bond donors (Lipinski definition) is 1. The summed E-state index contributed by atoms with van der Waals surface area (Å²) in [4.78, 5) is 2.33. The van der Waals surface area contributed by atoms with Crippen LogP contribution in [-0.4, -0.2) is 31.9 Å². The number of nitrogens with zero attached hydrogens (tertiary/aromatic N) is 1. The minimum Gasteiger partial charge on any atom is -0.310 e. The lowest BCUT2D eigenvalue weighted by Crippen LogP contribution is -2.32. The van der Waals surface area contributed by atoms with Crippen molar-refractivity contribution in [3.8, 4) is 0 Å². The molecule has 0 spiro atoms. The Hall–Kier alpha value is -0.690. The molecule has 0 fully saturated rings. The number of aryl methyl sites for hydroxylation is 1. The Balaban J connectivity index is 3.04. The molecule has 0 amide bonds. The van der Waals surface area contributed by atoms with Crippen molar-refractivity contribution in [1.82, 2.24) is 9.62 Å². The third-order valence-corrected chi connectivity index (χ3v) is 6.20. The molecule has 1 rings (SSSR count). The van der Waals surface area contributed by atoms with E-state index in [4.69, 9.17) is 0 Å². The summed E-state index contributed by atoms with van der Waals surface area (Å²) < 4.78 is 27.0. The maximum absolute atomic E-state index is 12.7. The molecule has 0 unspecified atom stereocenters. The summed E-state index contributed by atoms with van der Waals surface area (Å²) in [6.07, 6.45) is 2.42. The van der Waals surface area contributed by atoms with Gasteiger partial charge >= 0.3 is 0 Å². The van der Waals surface area contributed by atoms with Crippen molar-refractivity contribution in [1.29, 1.82) is 0 Å². The summed E-state index contributed by atoms with van der Waals surface area (Å²) in [5.74, 6) is 0. The second kappa shape index (κ2) is 8.08. The SMILES string of the molecule is C=CCN(CCC)S(=O)(=O)c1cc(CNC(C)C)sc1C. The summed E-state index contributed by atoms with van der Waals surface area (Å²) in [5.41, 5.74) is 0. The lowest BCUT2D eigenvalue weighted by molar-refractivity contribution is 0.441. The van der Waals surface area contributed by atoms with Gasteiger partial charge in [0.25, 0.3) is 0 Å². The van der Waals surface area contributed by atoms with Crippen LogP contribution in [-0.2, 0) is 16.6 Å². The van der Waals surface area contributed by atoms with Gasteiger partial charge in [0, 0.05) is 35.4 Å². The van der Waals surface area contributed by atoms with Crippen LogP contribution in [0.4, 0.5) is 0 Å². The Morgan fingerprint density at radius 1 is 1.48 bits per heavy atom. The van der Waals surface area contributed by atoms with Crippen LogP contribution in [0.5, 0.6) is 0 Å². The first-order valence-corrected chi connectivity index (χ1v) is 9.52. The van der Waals surface area contributed by atoms with Crippen molar-refractivity contribution in [3.05, 3.63) is 28.5 Å². The molecule has 1 aromatic rings. The number of sulfonamides is 1. The minimum atomic E-state index is -3.43. The zero-order valence-electron chi connectivity index (χ0n) is 13.3. The van der Waals surface area contributed by atoms with E-state index in [-0.39, 0.29) is 0 Å². The molecule has 0 aliphatic carbocycles. The Morgan fingerprint density at radius 3 is 2.67 bits per heavy atom. The fourth-order valence-electron chi connectivity index (χ4n) is 2.01. The van der Waals surface area contributed by atoms with Gasteiger partial charge < -0.3 is 5.32 Å². The average molecular weight is 331 g/mol. The molecule has 120 valence electrons. The first kappa shape index (κ1) is 18.4. The van der Waals surface area contributed by atoms with Crippen molar-refractivity contribution >= 4 is 21.4 Å². The molecule has 1 heterocycles. The van der Waals surface area contributed by atoms with E-state index in [0.29, 0.717) is 30.6 Å². The molecule has 4 nitrogen and oxygen atoms in total. The van der Waals surface area contributed by atoms with Gasteiger partial charge in [0.1, 0.15) is 0 Å². The number of thiophene rings is 1. The third-order valence-electron chi connectivity index (χ3n) is 3.03. The minimum absolute atomic E-state index is 0.352. The molecule has 0 aliphatic heterocycles. The van der Waals surface area contributed by atoms with Gasteiger partial charge in [-0.1, -0.05) is 26.8 Å². The highest BCUT2D eigenvalue weighted by atomic mass is 32.2. The van der Waals surface area contributed by atoms with Gasteiger partial charge in [0.15, 0.2) is 0 Å². The predicted octanol–water partition coefficient (Wildman–Crippen LogP) is 3.14. The molecule has 0 aromatic carbocycles. The highest BCUT2D eigenvalue weighted by molar-refractivity contribution is 7.89. The van der Waals surface area contributed by atoms with Crippen LogP contribution in [0.2, 0.25) is 0 Å². The predicted molar refractivity (Wildman–Crippen MR) is 90.3 cm³/mol. The number of rotatable bonds is 9. The first-order valence-electron chi connectivity index (χ1n) is 7.26. The van der Waals surface area contributed by atoms with E-state index in [0.717, 1.165) is 16.2 Å². The van der Waals surface area contributed by atoms with Crippen LogP contribution in [0.1, 0.15) is 36.9 Å². The monoisotopic (exact) mass is 330 g/mol. The van der Waals surface area contributed by atoms with Crippen LogP contribution < -0.4 is 5.32 Å². The number of hydrogen-bond acceptors (Lipinski definition) is 4. The zero-order chi connectivity index (χ0) is 16.0. The topological polar surface area (TPSA) is 49.4 Å². The van der Waals surface area contributed by atoms with Gasteiger partial charge in [-0.05, 0) is 19.4 Å². The molecular weight excluding hydrogens is 304 g/mol. The van der Waals surface area contributed by atoms with Gasteiger partial charge in [0.05, 0.1) is 4.90 Å². The second-order valence-electron chi connectivity index (χ2n) is 5.32. The lowest BCUT2D eigenvalue weighted by Gasteiger charge is -2.19. The summed E-state index contributed by atoms with van der Waals surface area (Å²) in [6.45, 7) is 13.2. The van der Waals surface area contributed by atoms with E-state index in [1.807, 2.05) is 13.8 Å². The highest BCUT2D eigenvalue weighted by Crippen LogP contribution is 2.28. The fraction of sp³-hybridized carbons (Fsp3) is 0.600. The Bertz CT molecular complexity index is 562. The van der Waals surface area contributed by atoms with Crippen molar-refractivity contribution in [2.75, 3.05) is 13.1 Å². The summed E-state index contributed by atoms with van der Waals surface area (Å²) >= 11 is 1.54. The molecule has 0 bridgehead atoms. The summed E-state index contributed by atoms with van der Waals surface area (Å²) in [7, 11) is -3.43. The van der Waals surface area contributed by atoms with Crippen LogP contribution in [0.15, 0.2) is 23.6 Å². The second-order valence-corrected chi connectivity index (χ2v) is 8.57. The lowest BCUT2D eigenvalue weighted by atomic mass is 10.3. The average Bonchev–Trinajstić information content (AvgIpc) is 2.78. The Morgan fingerprint density at radius 2 is 2.14 bits per heavy atom. The van der Waals surface area contributed by atoms with Crippen molar-refractivity contribution < 1.29 is 8.42 Å². The van der Waals surface area contributed by atoms with Crippen LogP contribution >= 0.6 is 11.3 Å². The van der Waals surface area contributed by atoms with Gasteiger partial charge in [-0.15, -0.1) is 17.9 Å². The third kappa shape index (κ3) is 4.92. The molecule has 0 saturated carbocycles. The van der Waals surface area contributed by atoms with Crippen molar-refractivity contribution in [2.45, 2.75) is 51.6 Å². The molecule has 1 aromatic heterocycles. The molecule has 0 saturated heterocycles. The van der Waals surface area contributed by atoms with Crippen molar-refractivity contribution in [3.63, 3.8) is 0 Å². The van der Waals surface area contributed by atoms with E-state index in [1.54, 1.807) is 23.5 Å². The van der Waals surface area contributed by atoms with E-state index in [2.05, 4.69) is 25.7 Å². The highest BCUT2D eigenvalue weighted by Gasteiger charge is 2.26. The molecule has 1 N–H and O–H groups in total. The van der Waals surface area contributed by atoms with E-state index in [9.17, 15) is 8.42 Å².